The van der Waals surface area contributed by atoms with Crippen LogP contribution < -0.4 is 10.5 Å². The molecule has 2 rings (SSSR count). The van der Waals surface area contributed by atoms with Crippen LogP contribution in [0.3, 0.4) is 0 Å². The van der Waals surface area contributed by atoms with E-state index < -0.39 is 10.0 Å². The number of aromatic nitrogens is 1. The third-order valence-electron chi connectivity index (χ3n) is 3.11. The molecule has 2 atom stereocenters. The number of nitrogens with zero attached hydrogens (tertiary/aromatic N) is 1. The van der Waals surface area contributed by atoms with Crippen LogP contribution in [0.25, 0.3) is 0 Å². The van der Waals surface area contributed by atoms with E-state index in [1.807, 2.05) is 0 Å². The number of anilines is 1. The van der Waals surface area contributed by atoms with Gasteiger partial charge in [-0.1, -0.05) is 6.92 Å². The monoisotopic (exact) mass is 255 g/mol. The highest BCUT2D eigenvalue weighted by Crippen LogP contribution is 2.28. The van der Waals surface area contributed by atoms with Crippen molar-refractivity contribution in [3.8, 4) is 0 Å². The van der Waals surface area contributed by atoms with Crippen LogP contribution in [0, 0.1) is 5.92 Å². The number of nitrogens with one attached hydrogen (secondary N) is 1. The zero-order chi connectivity index (χ0) is 12.5. The Labute approximate surface area is 101 Å². The van der Waals surface area contributed by atoms with Crippen LogP contribution in [-0.4, -0.2) is 19.4 Å². The first-order valence-electron chi connectivity index (χ1n) is 5.71. The van der Waals surface area contributed by atoms with Crippen molar-refractivity contribution in [1.29, 1.82) is 0 Å². The molecule has 1 heterocycles. The average Bonchev–Trinajstić information content (AvgIpc) is 2.63. The number of primary sulfonamides is 1. The van der Waals surface area contributed by atoms with E-state index >= 15 is 0 Å². The maximum absolute atomic E-state index is 11.4. The molecule has 0 saturated heterocycles. The summed E-state index contributed by atoms with van der Waals surface area (Å²) >= 11 is 0. The summed E-state index contributed by atoms with van der Waals surface area (Å²) in [7, 11) is -3.71. The number of pyridine rings is 1. The number of hydrogen-bond acceptors (Lipinski definition) is 4. The maximum Gasteiger partial charge on any atom is 0.241 e. The van der Waals surface area contributed by atoms with Crippen LogP contribution in [0.15, 0.2) is 23.2 Å². The summed E-state index contributed by atoms with van der Waals surface area (Å²) in [5.41, 5.74) is 0. The molecule has 1 aliphatic rings. The molecule has 1 saturated carbocycles. The third kappa shape index (κ3) is 2.95. The second kappa shape index (κ2) is 4.62. The summed E-state index contributed by atoms with van der Waals surface area (Å²) in [6, 6.07) is 3.34. The Morgan fingerprint density at radius 3 is 2.82 bits per heavy atom. The summed E-state index contributed by atoms with van der Waals surface area (Å²) in [5, 5.41) is 8.33. The summed E-state index contributed by atoms with van der Waals surface area (Å²) in [5.74, 6) is 1.04. The molecule has 1 fully saturated rings. The highest BCUT2D eigenvalue weighted by molar-refractivity contribution is 7.89. The Bertz CT molecular complexity index is 501. The van der Waals surface area contributed by atoms with Crippen molar-refractivity contribution >= 4 is 15.8 Å². The molecule has 1 aliphatic carbocycles. The first-order valence-corrected chi connectivity index (χ1v) is 7.26. The Morgan fingerprint density at radius 1 is 1.47 bits per heavy atom. The lowest BCUT2D eigenvalue weighted by Gasteiger charge is -2.15. The van der Waals surface area contributed by atoms with Gasteiger partial charge in [-0.05, 0) is 37.3 Å². The van der Waals surface area contributed by atoms with E-state index in [-0.39, 0.29) is 4.90 Å². The minimum Gasteiger partial charge on any atom is -0.366 e. The van der Waals surface area contributed by atoms with Gasteiger partial charge in [0.25, 0.3) is 0 Å². The molecule has 0 aromatic carbocycles. The SMILES string of the molecule is CC1CCC(Nc2ncccc2S(N)(=O)=O)C1. The molecule has 5 nitrogen and oxygen atoms in total. The van der Waals surface area contributed by atoms with Crippen molar-refractivity contribution in [1.82, 2.24) is 4.98 Å². The molecule has 3 N–H and O–H groups in total. The first-order chi connectivity index (χ1) is 7.97. The quantitative estimate of drug-likeness (QED) is 0.853. The van der Waals surface area contributed by atoms with Gasteiger partial charge in [-0.15, -0.1) is 0 Å². The standard InChI is InChI=1S/C11H17N3O2S/c1-8-4-5-9(7-8)14-11-10(17(12,15)16)3-2-6-13-11/h2-3,6,8-9H,4-5,7H2,1H3,(H,13,14)(H2,12,15,16). The highest BCUT2D eigenvalue weighted by atomic mass is 32.2. The average molecular weight is 255 g/mol. The summed E-state index contributed by atoms with van der Waals surface area (Å²) in [6.45, 7) is 2.20. The topological polar surface area (TPSA) is 85.1 Å². The van der Waals surface area contributed by atoms with Gasteiger partial charge in [0.05, 0.1) is 0 Å². The highest BCUT2D eigenvalue weighted by Gasteiger charge is 2.23. The number of nitrogens with two attached hydrogens (primary N) is 1. The summed E-state index contributed by atoms with van der Waals surface area (Å²) in [4.78, 5) is 4.13. The van der Waals surface area contributed by atoms with Gasteiger partial charge >= 0.3 is 0 Å². The Hall–Kier alpha value is -1.14. The Balaban J connectivity index is 2.21. The molecule has 2 unspecified atom stereocenters. The van der Waals surface area contributed by atoms with Crippen LogP contribution >= 0.6 is 0 Å². The van der Waals surface area contributed by atoms with E-state index in [0.29, 0.717) is 17.8 Å². The van der Waals surface area contributed by atoms with E-state index in [1.165, 1.54) is 6.07 Å². The molecule has 1 aromatic rings. The lowest BCUT2D eigenvalue weighted by Crippen LogP contribution is -2.21. The molecule has 1 aromatic heterocycles. The smallest absolute Gasteiger partial charge is 0.241 e. The summed E-state index contributed by atoms with van der Waals surface area (Å²) in [6.07, 6.45) is 4.81. The molecule has 0 amide bonds. The first kappa shape index (κ1) is 12.3. The number of hydrogen-bond donors (Lipinski definition) is 2. The summed E-state index contributed by atoms with van der Waals surface area (Å²) < 4.78 is 22.8. The van der Waals surface area contributed by atoms with Crippen molar-refractivity contribution < 1.29 is 8.42 Å². The van der Waals surface area contributed by atoms with Gasteiger partial charge in [-0.2, -0.15) is 0 Å². The maximum atomic E-state index is 11.4. The molecule has 0 radical (unpaired) electrons. The van der Waals surface area contributed by atoms with Crippen LogP contribution in [0.5, 0.6) is 0 Å². The predicted molar refractivity (Wildman–Crippen MR) is 66.0 cm³/mol. The van der Waals surface area contributed by atoms with Gasteiger partial charge in [0.2, 0.25) is 10.0 Å². The van der Waals surface area contributed by atoms with Crippen LogP contribution in [0.2, 0.25) is 0 Å². The molecule has 94 valence electrons. The molecular weight excluding hydrogens is 238 g/mol. The lowest BCUT2D eigenvalue weighted by atomic mass is 10.1. The van der Waals surface area contributed by atoms with Crippen molar-refractivity contribution in [3.05, 3.63) is 18.3 Å². The largest absolute Gasteiger partial charge is 0.366 e. The molecule has 0 bridgehead atoms. The van der Waals surface area contributed by atoms with E-state index in [4.69, 9.17) is 5.14 Å². The fourth-order valence-electron chi connectivity index (χ4n) is 2.26. The van der Waals surface area contributed by atoms with Gasteiger partial charge in [0, 0.05) is 12.2 Å². The van der Waals surface area contributed by atoms with Crippen molar-refractivity contribution in [3.63, 3.8) is 0 Å². The molecular formula is C11H17N3O2S. The molecule has 0 spiro atoms. The van der Waals surface area contributed by atoms with Gasteiger partial charge in [0.15, 0.2) is 0 Å². The van der Waals surface area contributed by atoms with Crippen LogP contribution in [0.1, 0.15) is 26.2 Å². The van der Waals surface area contributed by atoms with E-state index in [1.54, 1.807) is 12.3 Å². The zero-order valence-corrected chi connectivity index (χ0v) is 10.6. The van der Waals surface area contributed by atoms with Crippen molar-refractivity contribution in [2.45, 2.75) is 37.1 Å². The molecule has 6 heteroatoms. The number of sulfonamides is 1. The van der Waals surface area contributed by atoms with Gasteiger partial charge in [-0.25, -0.2) is 18.5 Å². The van der Waals surface area contributed by atoms with E-state index in [0.717, 1.165) is 19.3 Å². The van der Waals surface area contributed by atoms with Crippen LogP contribution in [0.4, 0.5) is 5.82 Å². The van der Waals surface area contributed by atoms with Gasteiger partial charge in [0.1, 0.15) is 10.7 Å². The Morgan fingerprint density at radius 2 is 2.24 bits per heavy atom. The van der Waals surface area contributed by atoms with E-state index in [2.05, 4.69) is 17.2 Å². The fourth-order valence-corrected chi connectivity index (χ4v) is 2.91. The van der Waals surface area contributed by atoms with Crippen molar-refractivity contribution in [2.24, 2.45) is 11.1 Å². The van der Waals surface area contributed by atoms with Crippen LogP contribution in [-0.2, 0) is 10.0 Å². The molecule has 0 aliphatic heterocycles. The Kier molecular flexibility index (Phi) is 3.35. The normalized spacial score (nSPS) is 24.8. The zero-order valence-electron chi connectivity index (χ0n) is 9.76. The minimum absolute atomic E-state index is 0.0690. The van der Waals surface area contributed by atoms with Crippen molar-refractivity contribution in [2.75, 3.05) is 5.32 Å². The minimum atomic E-state index is -3.71. The second-order valence-corrected chi connectivity index (χ2v) is 6.18. The van der Waals surface area contributed by atoms with Gasteiger partial charge in [-0.3, -0.25) is 0 Å². The molecule has 17 heavy (non-hydrogen) atoms. The van der Waals surface area contributed by atoms with E-state index in [9.17, 15) is 8.42 Å². The second-order valence-electron chi connectivity index (χ2n) is 4.65. The predicted octanol–water partition coefficient (Wildman–Crippen LogP) is 1.33. The third-order valence-corrected chi connectivity index (χ3v) is 4.06. The lowest BCUT2D eigenvalue weighted by molar-refractivity contribution is 0.595. The fraction of sp³-hybridized carbons (Fsp3) is 0.545. The number of rotatable bonds is 3. The van der Waals surface area contributed by atoms with Gasteiger partial charge < -0.3 is 5.32 Å².